The van der Waals surface area contributed by atoms with Crippen molar-refractivity contribution >= 4 is 40.1 Å². The summed E-state index contributed by atoms with van der Waals surface area (Å²) >= 11 is 6.45. The average Bonchev–Trinajstić information content (AvgIpc) is 3.48. The van der Waals surface area contributed by atoms with Gasteiger partial charge in [0.05, 0.1) is 11.5 Å². The first-order valence-corrected chi connectivity index (χ1v) is 18.8. The van der Waals surface area contributed by atoms with Gasteiger partial charge in [0.2, 0.25) is 17.7 Å². The zero-order valence-electron chi connectivity index (χ0n) is 29.6. The molecule has 5 unspecified atom stereocenters. The molecule has 4 bridgehead atoms. The van der Waals surface area contributed by atoms with Gasteiger partial charge in [-0.15, -0.1) is 0 Å². The van der Waals surface area contributed by atoms with Crippen LogP contribution in [0.4, 0.5) is 0 Å². The van der Waals surface area contributed by atoms with Crippen LogP contribution in [0.25, 0.3) is 10.8 Å². The van der Waals surface area contributed by atoms with E-state index in [2.05, 4.69) is 30.3 Å². The van der Waals surface area contributed by atoms with Crippen LogP contribution >= 0.6 is 11.6 Å². The Morgan fingerprint density at radius 2 is 1.66 bits per heavy atom. The Hall–Kier alpha value is -3.46. The molecule has 8 rings (SSSR count). The summed E-state index contributed by atoms with van der Waals surface area (Å²) in [5.74, 6) is 0.460. The number of likely N-dealkylation sites (tertiary alicyclic amines) is 1. The molecule has 266 valence electrons. The number of aliphatic hydroxyl groups excluding tert-OH is 1. The highest BCUT2D eigenvalue weighted by Gasteiger charge is 2.62. The van der Waals surface area contributed by atoms with E-state index >= 15 is 0 Å². The van der Waals surface area contributed by atoms with Crippen molar-refractivity contribution in [1.29, 1.82) is 0 Å². The van der Waals surface area contributed by atoms with E-state index in [0.717, 1.165) is 54.3 Å². The van der Waals surface area contributed by atoms with Gasteiger partial charge >= 0.3 is 0 Å². The van der Waals surface area contributed by atoms with Crippen molar-refractivity contribution in [1.82, 2.24) is 20.0 Å². The summed E-state index contributed by atoms with van der Waals surface area (Å²) in [5.41, 5.74) is 1.37. The van der Waals surface area contributed by atoms with Gasteiger partial charge in [0.1, 0.15) is 12.1 Å². The van der Waals surface area contributed by atoms with E-state index < -0.39 is 23.6 Å². The fourth-order valence-electron chi connectivity index (χ4n) is 10.5. The molecule has 1 heterocycles. The number of aliphatic hydroxyl groups is 1. The number of amides is 3. The fourth-order valence-corrected chi connectivity index (χ4v) is 10.7. The van der Waals surface area contributed by atoms with Crippen molar-refractivity contribution in [2.75, 3.05) is 33.7 Å². The number of benzene rings is 3. The molecule has 5 fully saturated rings. The minimum absolute atomic E-state index is 0.0278. The molecule has 0 radical (unpaired) electrons. The monoisotopic (exact) mass is 698 g/mol. The number of carbonyl (C=O) groups excluding carboxylic acids is 3. The van der Waals surface area contributed by atoms with E-state index in [9.17, 15) is 19.5 Å². The van der Waals surface area contributed by atoms with Gasteiger partial charge < -0.3 is 25.1 Å². The molecular formula is C41H51ClN4O4. The lowest BCUT2D eigenvalue weighted by Crippen LogP contribution is -2.62. The molecule has 4 aliphatic carbocycles. The zero-order chi connectivity index (χ0) is 35.2. The predicted molar refractivity (Wildman–Crippen MR) is 196 cm³/mol. The minimum atomic E-state index is -0.877. The van der Waals surface area contributed by atoms with Crippen molar-refractivity contribution in [2.24, 2.45) is 22.7 Å². The number of halogens is 1. The van der Waals surface area contributed by atoms with E-state index in [1.54, 1.807) is 22.9 Å². The summed E-state index contributed by atoms with van der Waals surface area (Å²) in [6.07, 6.45) is 5.80. The molecule has 3 aromatic rings. The summed E-state index contributed by atoms with van der Waals surface area (Å²) < 4.78 is 0. The lowest BCUT2D eigenvalue weighted by Gasteiger charge is -2.62. The van der Waals surface area contributed by atoms with Crippen LogP contribution in [0.15, 0.2) is 66.7 Å². The number of carbonyl (C=O) groups is 3. The molecule has 1 saturated heterocycles. The zero-order valence-corrected chi connectivity index (χ0v) is 30.4. The molecule has 5 aliphatic rings. The number of nitrogens with zero attached hydrogens (tertiary/aromatic N) is 3. The van der Waals surface area contributed by atoms with E-state index in [4.69, 9.17) is 11.6 Å². The van der Waals surface area contributed by atoms with Gasteiger partial charge in [-0.25, -0.2) is 0 Å². The van der Waals surface area contributed by atoms with Gasteiger partial charge in [0.15, 0.2) is 0 Å². The maximum Gasteiger partial charge on any atom is 0.245 e. The highest BCUT2D eigenvalue weighted by molar-refractivity contribution is 6.31. The van der Waals surface area contributed by atoms with E-state index in [1.165, 1.54) is 19.3 Å². The van der Waals surface area contributed by atoms with Crippen LogP contribution in [0.2, 0.25) is 5.02 Å². The Bertz CT molecular complexity index is 1750. The first-order valence-electron chi connectivity index (χ1n) is 18.4. The SMILES string of the molecule is CCN(C)CC12CC3CC(C1)CC(C(=O)N1CC(O)CC1C(=O)NC(Cc1ccc4ccccc4c1)C(=O)N(C)Cc1ccccc1Cl)(C3)C2. The molecule has 3 amide bonds. The second-order valence-corrected chi connectivity index (χ2v) is 16.6. The molecule has 4 saturated carbocycles. The van der Waals surface area contributed by atoms with Crippen LogP contribution in [-0.4, -0.2) is 89.4 Å². The Morgan fingerprint density at radius 1 is 0.960 bits per heavy atom. The molecule has 0 spiro atoms. The van der Waals surface area contributed by atoms with Gasteiger partial charge in [0.25, 0.3) is 0 Å². The number of nitrogens with one attached hydrogen (secondary N) is 1. The number of hydrogen-bond acceptors (Lipinski definition) is 5. The largest absolute Gasteiger partial charge is 0.391 e. The number of likely N-dealkylation sites (N-methyl/N-ethyl adjacent to an activating group) is 1. The smallest absolute Gasteiger partial charge is 0.245 e. The van der Waals surface area contributed by atoms with Crippen LogP contribution in [0.5, 0.6) is 0 Å². The van der Waals surface area contributed by atoms with Crippen LogP contribution < -0.4 is 5.32 Å². The molecule has 50 heavy (non-hydrogen) atoms. The summed E-state index contributed by atoms with van der Waals surface area (Å²) in [5, 5.41) is 16.8. The van der Waals surface area contributed by atoms with Gasteiger partial charge in [-0.3, -0.25) is 14.4 Å². The van der Waals surface area contributed by atoms with Crippen LogP contribution in [0.3, 0.4) is 0 Å². The third kappa shape index (κ3) is 6.91. The summed E-state index contributed by atoms with van der Waals surface area (Å²) in [6.45, 7) is 4.59. The first-order chi connectivity index (χ1) is 24.0. The quantitative estimate of drug-likeness (QED) is 0.269. The summed E-state index contributed by atoms with van der Waals surface area (Å²) in [4.78, 5) is 48.9. The minimum Gasteiger partial charge on any atom is -0.391 e. The molecule has 2 N–H and O–H groups in total. The second-order valence-electron chi connectivity index (χ2n) is 16.2. The fraction of sp³-hybridized carbons (Fsp3) is 0.537. The lowest BCUT2D eigenvalue weighted by atomic mass is 9.43. The van der Waals surface area contributed by atoms with E-state index in [-0.39, 0.29) is 49.1 Å². The maximum atomic E-state index is 14.8. The molecule has 5 atom stereocenters. The Morgan fingerprint density at radius 3 is 2.38 bits per heavy atom. The van der Waals surface area contributed by atoms with E-state index in [1.807, 2.05) is 54.6 Å². The van der Waals surface area contributed by atoms with Gasteiger partial charge in [-0.05, 0) is 97.3 Å². The predicted octanol–water partition coefficient (Wildman–Crippen LogP) is 5.68. The Labute approximate surface area is 301 Å². The molecular weight excluding hydrogens is 648 g/mol. The summed E-state index contributed by atoms with van der Waals surface area (Å²) in [6, 6.07) is 19.9. The normalized spacial score (nSPS) is 29.0. The third-order valence-electron chi connectivity index (χ3n) is 12.2. The molecule has 8 nitrogen and oxygen atoms in total. The van der Waals surface area contributed by atoms with Crippen molar-refractivity contribution in [2.45, 2.75) is 83.0 Å². The van der Waals surface area contributed by atoms with Gasteiger partial charge in [-0.1, -0.05) is 79.2 Å². The highest BCUT2D eigenvalue weighted by Crippen LogP contribution is 2.66. The molecule has 9 heteroatoms. The maximum absolute atomic E-state index is 14.8. The molecule has 1 aliphatic heterocycles. The highest BCUT2D eigenvalue weighted by atomic mass is 35.5. The molecule has 0 aromatic heterocycles. The number of hydrogen-bond donors (Lipinski definition) is 2. The van der Waals surface area contributed by atoms with Gasteiger partial charge in [0, 0.05) is 44.5 Å². The van der Waals surface area contributed by atoms with Crippen LogP contribution in [0, 0.1) is 22.7 Å². The van der Waals surface area contributed by atoms with Gasteiger partial charge in [-0.2, -0.15) is 0 Å². The standard InChI is InChI=1S/C41H51ClN4O4/c1-4-44(2)26-40-19-28-15-29(20-40)22-41(21-28,25-40)39(50)46-24-33(47)18-36(46)37(48)43-35(17-27-13-14-30-9-5-6-10-31(30)16-27)38(49)45(3)23-32-11-7-8-12-34(32)42/h5-14,16,28-29,33,35-36,47H,4,15,17-26H2,1-3H3,(H,43,48). The number of fused-ring (bicyclic) bond motifs is 1. The summed E-state index contributed by atoms with van der Waals surface area (Å²) in [7, 11) is 3.89. The van der Waals surface area contributed by atoms with Crippen molar-refractivity contribution < 1.29 is 19.5 Å². The van der Waals surface area contributed by atoms with Crippen LogP contribution in [-0.2, 0) is 27.3 Å². The first kappa shape index (κ1) is 35.0. The lowest BCUT2D eigenvalue weighted by molar-refractivity contribution is -0.172. The number of rotatable bonds is 11. The average molecular weight is 699 g/mol. The van der Waals surface area contributed by atoms with Crippen molar-refractivity contribution in [3.63, 3.8) is 0 Å². The van der Waals surface area contributed by atoms with Crippen LogP contribution in [0.1, 0.15) is 63.0 Å². The second kappa shape index (κ2) is 13.9. The van der Waals surface area contributed by atoms with E-state index in [0.29, 0.717) is 16.9 Å². The Kier molecular flexibility index (Phi) is 9.74. The van der Waals surface area contributed by atoms with Crippen molar-refractivity contribution in [3.05, 3.63) is 82.9 Å². The molecule has 3 aromatic carbocycles. The number of β-amino-alcohol motifs (C(OH)–C–C–N with tert-alkyl or cyclic N) is 1. The van der Waals surface area contributed by atoms with Crippen molar-refractivity contribution in [3.8, 4) is 0 Å². The topological polar surface area (TPSA) is 93.2 Å². The Balaban J connectivity index is 1.13. The third-order valence-corrected chi connectivity index (χ3v) is 12.6.